The fraction of sp³-hybridized carbons (Fsp3) is 0.364. The average molecular weight is 297 g/mol. The van der Waals surface area contributed by atoms with Gasteiger partial charge in [-0.1, -0.05) is 34.8 Å². The van der Waals surface area contributed by atoms with Crippen molar-refractivity contribution < 1.29 is 9.53 Å². The molecule has 0 aliphatic rings. The number of ether oxygens (including phenoxy) is 1. The molecule has 6 heteroatoms. The standard InChI is InChI=1S/C11H12Cl3NO2/c1-2-17-11(16)9(15)4-6-3-7(12)5-8(13)10(6)14/h3,5,9H,2,4,15H2,1H3. The van der Waals surface area contributed by atoms with E-state index in [1.165, 1.54) is 6.07 Å². The van der Waals surface area contributed by atoms with Crippen molar-refractivity contribution in [3.05, 3.63) is 32.8 Å². The molecule has 0 saturated heterocycles. The van der Waals surface area contributed by atoms with Gasteiger partial charge in [-0.2, -0.15) is 0 Å². The number of carbonyl (C=O) groups is 1. The highest BCUT2D eigenvalue weighted by molar-refractivity contribution is 6.43. The zero-order valence-electron chi connectivity index (χ0n) is 9.17. The Bertz CT molecular complexity index is 423. The fourth-order valence-corrected chi connectivity index (χ4v) is 2.05. The Morgan fingerprint density at radius 1 is 1.41 bits per heavy atom. The number of hydrogen-bond donors (Lipinski definition) is 1. The summed E-state index contributed by atoms with van der Waals surface area (Å²) in [5.74, 6) is -0.473. The Kier molecular flexibility index (Phi) is 5.53. The molecule has 0 fully saturated rings. The molecule has 3 nitrogen and oxygen atoms in total. The van der Waals surface area contributed by atoms with E-state index in [9.17, 15) is 4.79 Å². The van der Waals surface area contributed by atoms with Crippen LogP contribution < -0.4 is 5.73 Å². The van der Waals surface area contributed by atoms with Gasteiger partial charge in [0.25, 0.3) is 0 Å². The molecule has 0 heterocycles. The average Bonchev–Trinajstić information content (AvgIpc) is 2.25. The SMILES string of the molecule is CCOC(=O)C(N)Cc1cc(Cl)cc(Cl)c1Cl. The first-order valence-electron chi connectivity index (χ1n) is 5.01. The molecular weight excluding hydrogens is 284 g/mol. The molecule has 2 N–H and O–H groups in total. The second kappa shape index (κ2) is 6.45. The van der Waals surface area contributed by atoms with Crippen LogP contribution in [0.4, 0.5) is 0 Å². The lowest BCUT2D eigenvalue weighted by Gasteiger charge is -2.12. The summed E-state index contributed by atoms with van der Waals surface area (Å²) in [5, 5.41) is 1.14. The van der Waals surface area contributed by atoms with Gasteiger partial charge < -0.3 is 10.5 Å². The molecule has 1 aromatic carbocycles. The van der Waals surface area contributed by atoms with Crippen LogP contribution >= 0.6 is 34.8 Å². The highest BCUT2D eigenvalue weighted by Gasteiger charge is 2.18. The molecule has 0 radical (unpaired) electrons. The molecule has 1 unspecified atom stereocenters. The van der Waals surface area contributed by atoms with Crippen LogP contribution in [0.25, 0.3) is 0 Å². The van der Waals surface area contributed by atoms with Crippen LogP contribution in [0.3, 0.4) is 0 Å². The largest absolute Gasteiger partial charge is 0.465 e. The summed E-state index contributed by atoms with van der Waals surface area (Å²) in [4.78, 5) is 11.4. The van der Waals surface area contributed by atoms with Gasteiger partial charge in [0, 0.05) is 5.02 Å². The molecule has 0 aromatic heterocycles. The maximum atomic E-state index is 11.4. The van der Waals surface area contributed by atoms with Crippen LogP contribution in [0.5, 0.6) is 0 Å². The summed E-state index contributed by atoms with van der Waals surface area (Å²) >= 11 is 17.7. The molecule has 94 valence electrons. The summed E-state index contributed by atoms with van der Waals surface area (Å²) in [6.45, 7) is 2.00. The predicted octanol–water partition coefficient (Wildman–Crippen LogP) is 3.08. The number of benzene rings is 1. The van der Waals surface area contributed by atoms with Gasteiger partial charge in [-0.05, 0) is 31.0 Å². The Labute approximate surface area is 115 Å². The van der Waals surface area contributed by atoms with Gasteiger partial charge in [-0.3, -0.25) is 4.79 Å². The summed E-state index contributed by atoms with van der Waals surface area (Å²) in [7, 11) is 0. The highest BCUT2D eigenvalue weighted by Crippen LogP contribution is 2.30. The second-order valence-corrected chi connectivity index (χ2v) is 4.64. The number of esters is 1. The van der Waals surface area contributed by atoms with Crippen LogP contribution in [0.1, 0.15) is 12.5 Å². The van der Waals surface area contributed by atoms with Crippen molar-refractivity contribution >= 4 is 40.8 Å². The lowest BCUT2D eigenvalue weighted by atomic mass is 10.1. The minimum Gasteiger partial charge on any atom is -0.465 e. The van der Waals surface area contributed by atoms with Gasteiger partial charge >= 0.3 is 5.97 Å². The van der Waals surface area contributed by atoms with Crippen LogP contribution in [0, 0.1) is 0 Å². The molecule has 0 aliphatic heterocycles. The van der Waals surface area contributed by atoms with E-state index in [-0.39, 0.29) is 13.0 Å². The molecule has 0 amide bonds. The molecular formula is C11H12Cl3NO2. The third-order valence-corrected chi connectivity index (χ3v) is 3.16. The van der Waals surface area contributed by atoms with Crippen molar-refractivity contribution in [1.82, 2.24) is 0 Å². The van der Waals surface area contributed by atoms with Crippen LogP contribution in [-0.4, -0.2) is 18.6 Å². The summed E-state index contributed by atoms with van der Waals surface area (Å²) in [6.07, 6.45) is 0.234. The van der Waals surface area contributed by atoms with E-state index < -0.39 is 12.0 Å². The van der Waals surface area contributed by atoms with Crippen molar-refractivity contribution in [2.75, 3.05) is 6.61 Å². The fourth-order valence-electron chi connectivity index (χ4n) is 1.33. The molecule has 17 heavy (non-hydrogen) atoms. The monoisotopic (exact) mass is 295 g/mol. The predicted molar refractivity (Wildman–Crippen MR) is 69.8 cm³/mol. The van der Waals surface area contributed by atoms with Crippen molar-refractivity contribution in [3.63, 3.8) is 0 Å². The molecule has 1 atom stereocenters. The van der Waals surface area contributed by atoms with Crippen molar-refractivity contribution in [3.8, 4) is 0 Å². The number of nitrogens with two attached hydrogens (primary N) is 1. The highest BCUT2D eigenvalue weighted by atomic mass is 35.5. The van der Waals surface area contributed by atoms with Crippen molar-refractivity contribution in [2.45, 2.75) is 19.4 Å². The van der Waals surface area contributed by atoms with E-state index in [0.29, 0.717) is 20.6 Å². The van der Waals surface area contributed by atoms with Gasteiger partial charge in [0.1, 0.15) is 6.04 Å². The van der Waals surface area contributed by atoms with Crippen molar-refractivity contribution in [1.29, 1.82) is 0 Å². The first-order valence-corrected chi connectivity index (χ1v) is 6.14. The second-order valence-electron chi connectivity index (χ2n) is 3.42. The minimum absolute atomic E-state index is 0.234. The number of carbonyl (C=O) groups excluding carboxylic acids is 1. The van der Waals surface area contributed by atoms with Gasteiger partial charge in [0.05, 0.1) is 16.7 Å². The lowest BCUT2D eigenvalue weighted by Crippen LogP contribution is -2.34. The topological polar surface area (TPSA) is 52.3 Å². The normalized spacial score (nSPS) is 12.3. The summed E-state index contributed by atoms with van der Waals surface area (Å²) < 4.78 is 4.80. The first-order chi connectivity index (χ1) is 7.95. The van der Waals surface area contributed by atoms with Gasteiger partial charge in [0.15, 0.2) is 0 Å². The number of rotatable bonds is 4. The van der Waals surface area contributed by atoms with Gasteiger partial charge in [-0.25, -0.2) is 0 Å². The molecule has 1 rings (SSSR count). The van der Waals surface area contributed by atoms with E-state index in [4.69, 9.17) is 45.3 Å². The van der Waals surface area contributed by atoms with E-state index in [1.807, 2.05) is 0 Å². The number of halogens is 3. The van der Waals surface area contributed by atoms with Crippen LogP contribution in [0.15, 0.2) is 12.1 Å². The molecule has 0 aliphatic carbocycles. The Morgan fingerprint density at radius 3 is 2.65 bits per heavy atom. The maximum Gasteiger partial charge on any atom is 0.323 e. The Balaban J connectivity index is 2.84. The molecule has 0 spiro atoms. The first kappa shape index (κ1) is 14.6. The third kappa shape index (κ3) is 4.03. The Hall–Kier alpha value is -0.480. The molecule has 0 bridgehead atoms. The third-order valence-electron chi connectivity index (χ3n) is 2.10. The van der Waals surface area contributed by atoms with Crippen LogP contribution in [-0.2, 0) is 16.0 Å². The Morgan fingerprint density at radius 2 is 2.06 bits per heavy atom. The van der Waals surface area contributed by atoms with Crippen molar-refractivity contribution in [2.24, 2.45) is 5.73 Å². The maximum absolute atomic E-state index is 11.4. The van der Waals surface area contributed by atoms with E-state index in [1.54, 1.807) is 13.0 Å². The smallest absolute Gasteiger partial charge is 0.323 e. The molecule has 1 aromatic rings. The van der Waals surface area contributed by atoms with E-state index in [0.717, 1.165) is 0 Å². The van der Waals surface area contributed by atoms with E-state index in [2.05, 4.69) is 0 Å². The zero-order chi connectivity index (χ0) is 13.0. The lowest BCUT2D eigenvalue weighted by molar-refractivity contribution is -0.144. The quantitative estimate of drug-likeness (QED) is 0.686. The van der Waals surface area contributed by atoms with Gasteiger partial charge in [0.2, 0.25) is 0 Å². The molecule has 0 saturated carbocycles. The summed E-state index contributed by atoms with van der Waals surface area (Å²) in [5.41, 5.74) is 6.31. The van der Waals surface area contributed by atoms with Crippen LogP contribution in [0.2, 0.25) is 15.1 Å². The van der Waals surface area contributed by atoms with E-state index >= 15 is 0 Å². The minimum atomic E-state index is -0.776. The zero-order valence-corrected chi connectivity index (χ0v) is 11.4. The number of hydrogen-bond acceptors (Lipinski definition) is 3. The summed E-state index contributed by atoms with van der Waals surface area (Å²) in [6, 6.07) is 2.39. The van der Waals surface area contributed by atoms with Gasteiger partial charge in [-0.15, -0.1) is 0 Å².